The predicted octanol–water partition coefficient (Wildman–Crippen LogP) is 3.23. The minimum atomic E-state index is -4.03. The fourth-order valence-corrected chi connectivity index (χ4v) is 8.13. The summed E-state index contributed by atoms with van der Waals surface area (Å²) >= 11 is 0. The van der Waals surface area contributed by atoms with E-state index in [-0.39, 0.29) is 42.5 Å². The number of nitrogens with one attached hydrogen (secondary N) is 1. The summed E-state index contributed by atoms with van der Waals surface area (Å²) in [6.45, 7) is 1.70. The van der Waals surface area contributed by atoms with E-state index >= 15 is 0 Å². The Morgan fingerprint density at radius 1 is 1.08 bits per heavy atom. The van der Waals surface area contributed by atoms with Crippen LogP contribution in [0.3, 0.4) is 0 Å². The number of ether oxygens (including phenoxy) is 1. The highest BCUT2D eigenvalue weighted by molar-refractivity contribution is 7.89. The molecule has 2 unspecified atom stereocenters. The monoisotopic (exact) mass is 573 g/mol. The largest absolute Gasteiger partial charge is 0.377 e. The molecule has 4 heterocycles. The first-order valence-electron chi connectivity index (χ1n) is 13.3. The number of fused-ring (bicyclic) bond motifs is 1. The van der Waals surface area contributed by atoms with Gasteiger partial charge in [-0.25, -0.2) is 21.8 Å². The van der Waals surface area contributed by atoms with E-state index in [0.717, 1.165) is 31.2 Å². The van der Waals surface area contributed by atoms with Crippen LogP contribution in [0.4, 0.5) is 5.82 Å². The Hall–Kier alpha value is -2.64. The summed E-state index contributed by atoms with van der Waals surface area (Å²) < 4.78 is 62.2. The van der Waals surface area contributed by atoms with Crippen LogP contribution in [0.15, 0.2) is 59.8 Å². The molecular weight excluding hydrogens is 538 g/mol. The molecule has 5 rings (SSSR count). The first-order chi connectivity index (χ1) is 18.7. The highest BCUT2D eigenvalue weighted by Gasteiger charge is 2.33. The van der Waals surface area contributed by atoms with Crippen LogP contribution < -0.4 is 5.32 Å². The van der Waals surface area contributed by atoms with Crippen LogP contribution in [-0.2, 0) is 31.3 Å². The topological polar surface area (TPSA) is 122 Å². The lowest BCUT2D eigenvalue weighted by Crippen LogP contribution is -2.46. The van der Waals surface area contributed by atoms with Gasteiger partial charge in [0.25, 0.3) is 0 Å². The summed E-state index contributed by atoms with van der Waals surface area (Å²) in [5.74, 6) is 0.219. The van der Waals surface area contributed by atoms with Crippen molar-refractivity contribution in [2.75, 3.05) is 37.8 Å². The fourth-order valence-electron chi connectivity index (χ4n) is 5.35. The van der Waals surface area contributed by atoms with Crippen molar-refractivity contribution in [3.05, 3.63) is 60.4 Å². The van der Waals surface area contributed by atoms with E-state index in [9.17, 15) is 16.8 Å². The average molecular weight is 574 g/mol. The second-order valence-electron chi connectivity index (χ2n) is 10.2. The first-order valence-corrected chi connectivity index (χ1v) is 16.6. The normalized spacial score (nSPS) is 21.0. The highest BCUT2D eigenvalue weighted by atomic mass is 32.2. The Balaban J connectivity index is 1.51. The standard InChI is InChI=1S/C27H35N5O5S2/c1-38(33,34)32-14-5-4-10-23(32)18-29-27-26(16-22-9-2-3-12-25(22)30-27)39(35,36)31(20-24-11-7-15-37-24)19-21-8-6-13-28-17-21/h2-3,6,8-9,12-13,16-17,23-24H,4-5,7,10-11,14-15,18-20H2,1H3,(H,29,30). The Kier molecular flexibility index (Phi) is 8.48. The number of nitrogens with zero attached hydrogens (tertiary/aromatic N) is 4. The van der Waals surface area contributed by atoms with E-state index in [0.29, 0.717) is 30.5 Å². The molecule has 0 saturated carbocycles. The third kappa shape index (κ3) is 6.58. The number of aromatic nitrogens is 2. The van der Waals surface area contributed by atoms with Crippen LogP contribution in [0.2, 0.25) is 0 Å². The molecule has 39 heavy (non-hydrogen) atoms. The van der Waals surface area contributed by atoms with Gasteiger partial charge in [-0.15, -0.1) is 0 Å². The molecule has 2 aliphatic rings. The molecule has 2 aliphatic heterocycles. The maximum Gasteiger partial charge on any atom is 0.247 e. The molecular formula is C27H35N5O5S2. The van der Waals surface area contributed by atoms with Gasteiger partial charge in [0.2, 0.25) is 20.0 Å². The second kappa shape index (κ2) is 11.8. The van der Waals surface area contributed by atoms with Crippen LogP contribution >= 0.6 is 0 Å². The number of sulfonamides is 2. The molecule has 2 aromatic heterocycles. The van der Waals surface area contributed by atoms with Gasteiger partial charge in [0.1, 0.15) is 10.7 Å². The van der Waals surface area contributed by atoms with E-state index in [2.05, 4.69) is 10.3 Å². The van der Waals surface area contributed by atoms with Gasteiger partial charge >= 0.3 is 0 Å². The van der Waals surface area contributed by atoms with E-state index in [1.165, 1.54) is 14.9 Å². The highest BCUT2D eigenvalue weighted by Crippen LogP contribution is 2.30. The fraction of sp³-hybridized carbons (Fsp3) is 0.481. The second-order valence-corrected chi connectivity index (χ2v) is 14.1. The summed E-state index contributed by atoms with van der Waals surface area (Å²) in [5, 5.41) is 3.93. The van der Waals surface area contributed by atoms with Gasteiger partial charge in [0.05, 0.1) is 17.9 Å². The molecule has 0 amide bonds. The van der Waals surface area contributed by atoms with Crippen molar-refractivity contribution in [3.63, 3.8) is 0 Å². The van der Waals surface area contributed by atoms with Gasteiger partial charge in [-0.1, -0.05) is 30.7 Å². The summed E-state index contributed by atoms with van der Waals surface area (Å²) in [5.41, 5.74) is 1.42. The summed E-state index contributed by atoms with van der Waals surface area (Å²) in [4.78, 5) is 8.93. The van der Waals surface area contributed by atoms with Gasteiger partial charge in [0.15, 0.2) is 0 Å². The van der Waals surface area contributed by atoms with Crippen molar-refractivity contribution in [1.29, 1.82) is 0 Å². The third-order valence-electron chi connectivity index (χ3n) is 7.32. The molecule has 0 bridgehead atoms. The van der Waals surface area contributed by atoms with Gasteiger partial charge in [0, 0.05) is 56.6 Å². The SMILES string of the molecule is CS(=O)(=O)N1CCCCC1CNc1nc2ccccc2cc1S(=O)(=O)N(Cc1cccnc1)CC1CCCO1. The Morgan fingerprint density at radius 2 is 1.92 bits per heavy atom. The van der Waals surface area contributed by atoms with E-state index in [1.807, 2.05) is 30.3 Å². The molecule has 210 valence electrons. The zero-order valence-electron chi connectivity index (χ0n) is 22.1. The summed E-state index contributed by atoms with van der Waals surface area (Å²) in [7, 11) is -7.42. The van der Waals surface area contributed by atoms with Crippen LogP contribution in [0.1, 0.15) is 37.7 Å². The number of para-hydroxylation sites is 1. The smallest absolute Gasteiger partial charge is 0.247 e. The predicted molar refractivity (Wildman–Crippen MR) is 150 cm³/mol. The third-order valence-corrected chi connectivity index (χ3v) is 10.5. The Labute approximate surface area is 230 Å². The van der Waals surface area contributed by atoms with Gasteiger partial charge in [-0.3, -0.25) is 4.98 Å². The van der Waals surface area contributed by atoms with Crippen LogP contribution in [0.25, 0.3) is 10.9 Å². The van der Waals surface area contributed by atoms with E-state index in [1.54, 1.807) is 24.5 Å². The molecule has 2 fully saturated rings. The number of rotatable bonds is 10. The molecule has 0 spiro atoms. The zero-order valence-corrected chi connectivity index (χ0v) is 23.7. The van der Waals surface area contributed by atoms with Gasteiger partial charge in [-0.05, 0) is 49.4 Å². The van der Waals surface area contributed by atoms with Gasteiger partial charge in [-0.2, -0.15) is 8.61 Å². The first kappa shape index (κ1) is 27.9. The van der Waals surface area contributed by atoms with Crippen molar-refractivity contribution >= 4 is 36.8 Å². The van der Waals surface area contributed by atoms with Crippen molar-refractivity contribution in [1.82, 2.24) is 18.6 Å². The number of pyridine rings is 2. The van der Waals surface area contributed by atoms with Crippen LogP contribution in [0, 0.1) is 0 Å². The van der Waals surface area contributed by atoms with Crippen molar-refractivity contribution in [2.24, 2.45) is 0 Å². The minimum absolute atomic E-state index is 0.0600. The van der Waals surface area contributed by atoms with Crippen molar-refractivity contribution in [3.8, 4) is 0 Å². The van der Waals surface area contributed by atoms with E-state index < -0.39 is 20.0 Å². The van der Waals surface area contributed by atoms with Crippen molar-refractivity contribution < 1.29 is 21.6 Å². The average Bonchev–Trinajstić information content (AvgIpc) is 3.44. The van der Waals surface area contributed by atoms with Gasteiger partial charge < -0.3 is 10.1 Å². The molecule has 0 radical (unpaired) electrons. The molecule has 1 N–H and O–H groups in total. The Morgan fingerprint density at radius 3 is 2.67 bits per heavy atom. The zero-order chi connectivity index (χ0) is 27.5. The maximum absolute atomic E-state index is 14.3. The minimum Gasteiger partial charge on any atom is -0.377 e. The molecule has 1 aromatic carbocycles. The van der Waals surface area contributed by atoms with E-state index in [4.69, 9.17) is 9.72 Å². The molecule has 2 atom stereocenters. The maximum atomic E-state index is 14.3. The van der Waals surface area contributed by atoms with Crippen LogP contribution in [-0.4, -0.2) is 80.1 Å². The lowest BCUT2D eigenvalue weighted by Gasteiger charge is -2.34. The summed E-state index contributed by atoms with van der Waals surface area (Å²) in [6.07, 6.45) is 8.46. The number of benzene rings is 1. The number of hydrogen-bond acceptors (Lipinski definition) is 8. The number of piperidine rings is 1. The molecule has 2 saturated heterocycles. The lowest BCUT2D eigenvalue weighted by atomic mass is 10.1. The number of hydrogen-bond donors (Lipinski definition) is 1. The van der Waals surface area contributed by atoms with Crippen LogP contribution in [0.5, 0.6) is 0 Å². The molecule has 0 aliphatic carbocycles. The molecule has 10 nitrogen and oxygen atoms in total. The van der Waals surface area contributed by atoms with Crippen molar-refractivity contribution in [2.45, 2.75) is 55.7 Å². The Bertz CT molecular complexity index is 1500. The summed E-state index contributed by atoms with van der Waals surface area (Å²) in [6, 6.07) is 12.4. The number of anilines is 1. The lowest BCUT2D eigenvalue weighted by molar-refractivity contribution is 0.0926. The molecule has 12 heteroatoms. The quantitative estimate of drug-likeness (QED) is 0.392. The molecule has 3 aromatic rings.